The first kappa shape index (κ1) is 17.6. The molecule has 1 atom stereocenters. The second-order valence-corrected chi connectivity index (χ2v) is 7.75. The number of hydrogen-bond donors (Lipinski definition) is 1. The molecule has 1 aromatic carbocycles. The molecule has 0 bridgehead atoms. The quantitative estimate of drug-likeness (QED) is 0.471. The van der Waals surface area contributed by atoms with Crippen LogP contribution in [0.3, 0.4) is 0 Å². The van der Waals surface area contributed by atoms with Crippen LogP contribution < -0.4 is 5.32 Å². The smallest absolute Gasteiger partial charge is 0.291 e. The van der Waals surface area contributed by atoms with Crippen molar-refractivity contribution >= 4 is 33.1 Å². The molecule has 1 unspecified atom stereocenters. The first-order valence-electron chi connectivity index (χ1n) is 9.32. The molecular weight excluding hydrogens is 382 g/mol. The SMILES string of the molecule is O=C(Nc1ccccc1-c1nc2ccncc2s1)c1ccc(C2C=CC=CC2)o1. The Balaban J connectivity index is 1.41. The van der Waals surface area contributed by atoms with Crippen molar-refractivity contribution in [2.45, 2.75) is 12.3 Å². The number of furan rings is 1. The van der Waals surface area contributed by atoms with E-state index in [0.29, 0.717) is 11.4 Å². The van der Waals surface area contributed by atoms with E-state index >= 15 is 0 Å². The largest absolute Gasteiger partial charge is 0.455 e. The number of nitrogens with zero attached hydrogens (tertiary/aromatic N) is 2. The monoisotopic (exact) mass is 399 g/mol. The van der Waals surface area contributed by atoms with Crippen LogP contribution in [0.2, 0.25) is 0 Å². The lowest BCUT2D eigenvalue weighted by atomic mass is 9.98. The highest BCUT2D eigenvalue weighted by atomic mass is 32.1. The van der Waals surface area contributed by atoms with Crippen molar-refractivity contribution < 1.29 is 9.21 Å². The normalized spacial score (nSPS) is 15.7. The molecule has 1 amide bonds. The van der Waals surface area contributed by atoms with E-state index in [1.807, 2.05) is 48.6 Å². The molecule has 0 saturated heterocycles. The maximum atomic E-state index is 12.8. The van der Waals surface area contributed by atoms with Crippen LogP contribution in [0, 0.1) is 0 Å². The lowest BCUT2D eigenvalue weighted by Gasteiger charge is -2.10. The number of aromatic nitrogens is 2. The Kier molecular flexibility index (Phi) is 4.54. The molecule has 5 nitrogen and oxygen atoms in total. The van der Waals surface area contributed by atoms with Crippen LogP contribution in [0.15, 0.2) is 83.6 Å². The minimum absolute atomic E-state index is 0.171. The Labute approximate surface area is 171 Å². The van der Waals surface area contributed by atoms with Gasteiger partial charge in [0.1, 0.15) is 10.8 Å². The summed E-state index contributed by atoms with van der Waals surface area (Å²) < 4.78 is 6.84. The van der Waals surface area contributed by atoms with Gasteiger partial charge in [-0.3, -0.25) is 9.78 Å². The number of nitrogens with one attached hydrogen (secondary N) is 1. The summed E-state index contributed by atoms with van der Waals surface area (Å²) >= 11 is 1.55. The Hall–Kier alpha value is -3.51. The van der Waals surface area contributed by atoms with Crippen LogP contribution in [-0.4, -0.2) is 15.9 Å². The number of rotatable bonds is 4. The van der Waals surface area contributed by atoms with Crippen molar-refractivity contribution in [2.24, 2.45) is 0 Å². The van der Waals surface area contributed by atoms with E-state index in [0.717, 1.165) is 33.0 Å². The molecule has 3 aromatic heterocycles. The number of carbonyl (C=O) groups excluding carboxylic acids is 1. The number of allylic oxidation sites excluding steroid dienone is 4. The molecule has 1 aliphatic rings. The van der Waals surface area contributed by atoms with E-state index in [4.69, 9.17) is 4.42 Å². The number of hydrogen-bond acceptors (Lipinski definition) is 5. The molecule has 5 rings (SSSR count). The summed E-state index contributed by atoms with van der Waals surface area (Å²) in [5.41, 5.74) is 2.46. The minimum atomic E-state index is -0.276. The fourth-order valence-corrected chi connectivity index (χ4v) is 4.30. The van der Waals surface area contributed by atoms with E-state index in [1.165, 1.54) is 0 Å². The van der Waals surface area contributed by atoms with Gasteiger partial charge in [0.15, 0.2) is 5.76 Å². The molecule has 142 valence electrons. The molecule has 6 heteroatoms. The molecule has 3 heterocycles. The summed E-state index contributed by atoms with van der Waals surface area (Å²) in [5, 5.41) is 3.81. The van der Waals surface area contributed by atoms with Gasteiger partial charge in [-0.05, 0) is 36.8 Å². The van der Waals surface area contributed by atoms with Gasteiger partial charge < -0.3 is 9.73 Å². The predicted octanol–water partition coefficient (Wildman–Crippen LogP) is 5.80. The number of carbonyl (C=O) groups is 1. The highest BCUT2D eigenvalue weighted by molar-refractivity contribution is 7.21. The van der Waals surface area contributed by atoms with Crippen molar-refractivity contribution in [3.8, 4) is 10.6 Å². The Bertz CT molecular complexity index is 1220. The van der Waals surface area contributed by atoms with Gasteiger partial charge in [0, 0.05) is 23.9 Å². The topological polar surface area (TPSA) is 68.0 Å². The van der Waals surface area contributed by atoms with Gasteiger partial charge in [-0.25, -0.2) is 4.98 Å². The zero-order valence-electron chi connectivity index (χ0n) is 15.4. The van der Waals surface area contributed by atoms with Crippen molar-refractivity contribution in [2.75, 3.05) is 5.32 Å². The third-order valence-corrected chi connectivity index (χ3v) is 5.83. The first-order valence-corrected chi connectivity index (χ1v) is 10.1. The lowest BCUT2D eigenvalue weighted by Crippen LogP contribution is -2.11. The number of benzene rings is 1. The summed E-state index contributed by atoms with van der Waals surface area (Å²) in [6, 6.07) is 13.1. The van der Waals surface area contributed by atoms with E-state index in [2.05, 4.69) is 27.4 Å². The molecule has 1 N–H and O–H groups in total. The van der Waals surface area contributed by atoms with Crippen LogP contribution >= 0.6 is 11.3 Å². The average Bonchev–Trinajstić information content (AvgIpc) is 3.42. The molecule has 0 saturated carbocycles. The Morgan fingerprint density at radius 3 is 2.93 bits per heavy atom. The van der Waals surface area contributed by atoms with Gasteiger partial charge in [0.2, 0.25) is 0 Å². The van der Waals surface area contributed by atoms with Crippen LogP contribution in [0.25, 0.3) is 20.8 Å². The fourth-order valence-electron chi connectivity index (χ4n) is 3.32. The van der Waals surface area contributed by atoms with E-state index < -0.39 is 0 Å². The number of anilines is 1. The van der Waals surface area contributed by atoms with E-state index in [1.54, 1.807) is 29.8 Å². The second kappa shape index (κ2) is 7.48. The van der Waals surface area contributed by atoms with Gasteiger partial charge in [0.05, 0.1) is 15.9 Å². The third-order valence-electron chi connectivity index (χ3n) is 4.79. The number of amides is 1. The summed E-state index contributed by atoms with van der Waals surface area (Å²) in [5.74, 6) is 0.987. The summed E-state index contributed by atoms with van der Waals surface area (Å²) in [7, 11) is 0. The number of fused-ring (bicyclic) bond motifs is 1. The van der Waals surface area contributed by atoms with Gasteiger partial charge in [0.25, 0.3) is 5.91 Å². The van der Waals surface area contributed by atoms with Gasteiger partial charge in [-0.15, -0.1) is 11.3 Å². The van der Waals surface area contributed by atoms with Crippen LogP contribution in [-0.2, 0) is 0 Å². The van der Waals surface area contributed by atoms with Crippen molar-refractivity contribution in [1.29, 1.82) is 0 Å². The highest BCUT2D eigenvalue weighted by Gasteiger charge is 2.18. The maximum absolute atomic E-state index is 12.8. The summed E-state index contributed by atoms with van der Waals surface area (Å²) in [6.45, 7) is 0. The van der Waals surface area contributed by atoms with E-state index in [-0.39, 0.29) is 11.8 Å². The molecule has 0 radical (unpaired) electrons. The zero-order valence-corrected chi connectivity index (χ0v) is 16.2. The third kappa shape index (κ3) is 3.50. The van der Waals surface area contributed by atoms with Crippen LogP contribution in [0.1, 0.15) is 28.7 Å². The molecule has 29 heavy (non-hydrogen) atoms. The molecule has 0 aliphatic heterocycles. The number of thiazole rings is 1. The van der Waals surface area contributed by atoms with Crippen molar-refractivity contribution in [3.63, 3.8) is 0 Å². The highest BCUT2D eigenvalue weighted by Crippen LogP contribution is 2.34. The van der Waals surface area contributed by atoms with Gasteiger partial charge in [-0.2, -0.15) is 0 Å². The summed E-state index contributed by atoms with van der Waals surface area (Å²) in [4.78, 5) is 21.6. The molecule has 1 aliphatic carbocycles. The molecule has 0 fully saturated rings. The van der Waals surface area contributed by atoms with Crippen LogP contribution in [0.5, 0.6) is 0 Å². The lowest BCUT2D eigenvalue weighted by molar-refractivity contribution is 0.0994. The number of pyridine rings is 1. The molecular formula is C23H17N3O2S. The molecule has 0 spiro atoms. The van der Waals surface area contributed by atoms with Crippen molar-refractivity contribution in [3.05, 3.63) is 90.7 Å². The Morgan fingerprint density at radius 2 is 2.07 bits per heavy atom. The van der Waals surface area contributed by atoms with Crippen LogP contribution in [0.4, 0.5) is 5.69 Å². The fraction of sp³-hybridized carbons (Fsp3) is 0.0870. The number of para-hydroxylation sites is 1. The standard InChI is InChI=1S/C23H17N3O2S/c27-22(20-11-10-19(28-20)15-6-2-1-3-7-15)25-17-9-5-4-8-16(17)23-26-18-12-13-24-14-21(18)29-23/h1-6,8-15H,7H2,(H,25,27). The summed E-state index contributed by atoms with van der Waals surface area (Å²) in [6.07, 6.45) is 12.6. The van der Waals surface area contributed by atoms with Gasteiger partial charge >= 0.3 is 0 Å². The van der Waals surface area contributed by atoms with Crippen molar-refractivity contribution in [1.82, 2.24) is 9.97 Å². The average molecular weight is 399 g/mol. The Morgan fingerprint density at radius 1 is 1.14 bits per heavy atom. The van der Waals surface area contributed by atoms with E-state index in [9.17, 15) is 4.79 Å². The maximum Gasteiger partial charge on any atom is 0.291 e. The second-order valence-electron chi connectivity index (χ2n) is 6.72. The minimum Gasteiger partial charge on any atom is -0.455 e. The molecule has 4 aromatic rings. The predicted molar refractivity (Wildman–Crippen MR) is 115 cm³/mol. The van der Waals surface area contributed by atoms with Gasteiger partial charge in [-0.1, -0.05) is 36.4 Å². The first-order chi connectivity index (χ1) is 14.3. The zero-order chi connectivity index (χ0) is 19.6.